The van der Waals surface area contributed by atoms with Crippen molar-refractivity contribution in [3.63, 3.8) is 0 Å². The van der Waals surface area contributed by atoms with E-state index >= 15 is 17.6 Å². The Labute approximate surface area is 700 Å². The molecule has 16 rings (SSSR count). The Balaban J connectivity index is 0.000000144. The van der Waals surface area contributed by atoms with Gasteiger partial charge in [0.1, 0.15) is 79.6 Å². The number of aryl methyl sites for hydroxylation is 3. The number of fused-ring (bicyclic) bond motifs is 4. The Hall–Kier alpha value is -7.97. The first-order valence-corrected chi connectivity index (χ1v) is 42.2. The van der Waals surface area contributed by atoms with Crippen LogP contribution >= 0.6 is 77.7 Å². The first-order chi connectivity index (χ1) is 58.5. The molecular weight excluding hydrogens is 1780 g/mol. The minimum Gasteiger partial charge on any atom is -0.404 e. The van der Waals surface area contributed by atoms with E-state index in [0.29, 0.717) is 51.5 Å². The van der Waals surface area contributed by atoms with Crippen molar-refractivity contribution in [2.24, 2.45) is 0 Å². The normalized spacial score (nSPS) is 33.6. The molecule has 4 unspecified atom stereocenters. The number of alkyl halides is 4. The number of halogens is 8. The van der Waals surface area contributed by atoms with Crippen LogP contribution in [0.5, 0.6) is 23.0 Å². The number of benzene rings is 4. The number of nitrogens with zero attached hydrogens (tertiary/aromatic N) is 4. The number of aliphatic hydroxyl groups is 4. The number of nitrogens with one attached hydrogen (secondary N) is 4. The predicted octanol–water partition coefficient (Wildman–Crippen LogP) is 9.49. The van der Waals surface area contributed by atoms with Crippen LogP contribution in [0.4, 0.5) is 17.6 Å². The number of aromatic nitrogens is 6. The summed E-state index contributed by atoms with van der Waals surface area (Å²) in [5, 5.41) is 45.1. The minimum absolute atomic E-state index is 0.0425. The molecule has 7 aromatic rings. The number of H-pyrrole nitrogens is 3. The average Bonchev–Trinajstić information content (AvgIpc) is 1.58. The summed E-state index contributed by atoms with van der Waals surface area (Å²) in [6.07, 6.45) is -14.4. The fraction of sp³-hybridized carbons (Fsp3) is 0.406. The topological polar surface area (TPSA) is 494 Å². The van der Waals surface area contributed by atoms with Gasteiger partial charge in [-0.1, -0.05) is 53.0 Å². The van der Waals surface area contributed by atoms with Gasteiger partial charge in [0, 0.05) is 115 Å². The third-order valence-electron chi connectivity index (χ3n) is 18.0. The van der Waals surface area contributed by atoms with E-state index in [4.69, 9.17) is 128 Å². The van der Waals surface area contributed by atoms with Crippen molar-refractivity contribution >= 4 is 83.6 Å². The molecule has 1 amide bonds. The zero-order valence-corrected chi connectivity index (χ0v) is 68.5. The summed E-state index contributed by atoms with van der Waals surface area (Å²) >= 11 is 23.5. The molecule has 12 heterocycles. The third-order valence-corrected chi connectivity index (χ3v) is 23.9. The number of carbonyl (C=O) groups is 1. The Morgan fingerprint density at radius 2 is 0.783 bits per heavy atom. The molecule has 0 spiro atoms. The number of rotatable bonds is 16. The predicted molar refractivity (Wildman–Crippen MR) is 406 cm³/mol. The molecule has 39 nitrogen and oxygen atoms in total. The summed E-state index contributed by atoms with van der Waals surface area (Å²) in [6.45, 7) is -0.646. The van der Waals surface area contributed by atoms with Crippen LogP contribution in [0, 0.1) is 20.8 Å². The zero-order chi connectivity index (χ0) is 92.2. The second-order valence-electron chi connectivity index (χ2n) is 27.3. The van der Waals surface area contributed by atoms with E-state index in [1.807, 2.05) is 15.0 Å². The zero-order valence-electron chi connectivity index (χ0n) is 67.9. The fourth-order valence-corrected chi connectivity index (χ4v) is 17.5. The van der Waals surface area contributed by atoms with Gasteiger partial charge in [0.2, 0.25) is 23.4 Å². The fourth-order valence-electron chi connectivity index (χ4n) is 12.0. The number of phosphoric ester groups is 4. The summed E-state index contributed by atoms with van der Waals surface area (Å²) in [4.78, 5) is 89.3. The van der Waals surface area contributed by atoms with Gasteiger partial charge in [0.25, 0.3) is 22.6 Å². The van der Waals surface area contributed by atoms with Crippen molar-refractivity contribution < 1.29 is 142 Å². The Kier molecular flexibility index (Phi) is 23.8. The standard InChI is InChI=1S/C18H19ClFN2O7P.3C17H17ClFN2O8P/c1-10-7-22(11(2)21-16(10)24)17-14(23)6-18(20,28-17)9-27-30(25)26-8-12-5-13(19)3-4-15(12)29-30;3*1-9-6-21(16(24)20-14(9)23)15-12(22)5-17(19,28-15)8-27-30(25)26-7-10-4-11(18)2-3-13(10)29-30/h3-5,7,14,17,23H,2,6,8-9H2,1H3,(H,21,24);3*2-4,6,12,15,22H,5,7-8H2,1H3,(H,20,23,24)/t14-,17-,18+,30?;3*12-,15-,17+,30?/m1111/s1/i9D2,17D;15D;8D2;. The average molecular weight is 1860 g/mol. The van der Waals surface area contributed by atoms with Crippen LogP contribution in [-0.2, 0) is 105 Å². The molecule has 4 aromatic carbocycles. The smallest absolute Gasteiger partial charge is 0.404 e. The van der Waals surface area contributed by atoms with E-state index < -0.39 is 196 Å². The van der Waals surface area contributed by atoms with Gasteiger partial charge in [-0.05, 0) is 100 Å². The first-order valence-electron chi connectivity index (χ1n) is 37.8. The van der Waals surface area contributed by atoms with Crippen molar-refractivity contribution in [1.29, 1.82) is 0 Å². The van der Waals surface area contributed by atoms with Crippen molar-refractivity contribution in [2.75, 3.05) is 26.3 Å². The largest absolute Gasteiger partial charge is 0.530 e. The van der Waals surface area contributed by atoms with Crippen LogP contribution in [0.1, 0.15) is 98.4 Å². The molecule has 0 aliphatic carbocycles. The number of hydrogen-bond acceptors (Lipinski definition) is 32. The minimum atomic E-state index is -4.68. The highest BCUT2D eigenvalue weighted by Crippen LogP contribution is 2.60. The molecular formula is C69H70Cl4F4N8O31P4. The first kappa shape index (κ1) is 81.7. The SMILES string of the molecule is Cc1cn([C@@H]2O[C@](F)(COP3(=O)OCc4cc(Cl)ccc4O3)C[C@H]2O)c(=O)[nH]c1=O.[2H]C([2H])(OP1(=O)OCc2cc(Cl)ccc2O1)[C@]1(F)C[C@@H](O)[C@H](n2cc(C)c(=O)[nH]c2=O)O1.[2H]C([2H])(OP1(=O)OCc2cc(Cl)ccc2O1)[C@]1(F)C[C@@H](O)[C@]([2H])(N2C=C(C)C(=O)NC2=C)O1.[2H][C@@]1(n2cc(C)c(=O)[nH]c2=O)O[C@](F)(COP2(=O)OCc3cc(Cl)ccc3O2)C[C@H]1O. The number of phosphoric acid groups is 4. The quantitative estimate of drug-likeness (QED) is 0.0329. The lowest BCUT2D eigenvalue weighted by atomic mass is 10.1. The third kappa shape index (κ3) is 20.6. The highest BCUT2D eigenvalue weighted by molar-refractivity contribution is 7.49. The number of amides is 1. The Morgan fingerprint density at radius 1 is 0.475 bits per heavy atom. The van der Waals surface area contributed by atoms with E-state index in [-0.39, 0.29) is 77.5 Å². The van der Waals surface area contributed by atoms with Crippen LogP contribution < -0.4 is 57.2 Å². The molecule has 4 saturated heterocycles. The molecule has 0 saturated carbocycles. The Morgan fingerprint density at radius 3 is 1.18 bits per heavy atom. The number of hydrogen-bond donors (Lipinski definition) is 8. The number of aliphatic hydroxyl groups excluding tert-OH is 4. The molecule has 0 radical (unpaired) electrons. The van der Waals surface area contributed by atoms with E-state index in [0.717, 1.165) is 34.3 Å². The summed E-state index contributed by atoms with van der Waals surface area (Å²) in [7, 11) is -17.7. The molecule has 9 aliphatic rings. The monoisotopic (exact) mass is 1850 g/mol. The lowest BCUT2D eigenvalue weighted by Crippen LogP contribution is -2.46. The van der Waals surface area contributed by atoms with Gasteiger partial charge in [0.05, 0.1) is 34.7 Å². The van der Waals surface area contributed by atoms with Crippen LogP contribution in [0.3, 0.4) is 0 Å². The van der Waals surface area contributed by atoms with Crippen molar-refractivity contribution in [3.05, 3.63) is 237 Å². The maximum Gasteiger partial charge on any atom is 0.530 e. The molecule has 9 aliphatic heterocycles. The highest BCUT2D eigenvalue weighted by Gasteiger charge is 2.56. The molecule has 0 bridgehead atoms. The van der Waals surface area contributed by atoms with E-state index in [1.54, 1.807) is 12.1 Å². The highest BCUT2D eigenvalue weighted by atomic mass is 35.5. The van der Waals surface area contributed by atoms with Gasteiger partial charge in [-0.3, -0.25) is 84.0 Å². The molecule has 16 atom stereocenters. The van der Waals surface area contributed by atoms with E-state index in [9.17, 15) is 72.2 Å². The lowest BCUT2D eigenvalue weighted by Gasteiger charge is -2.34. The summed E-state index contributed by atoms with van der Waals surface area (Å²) in [6, 6.07) is 17.7. The lowest BCUT2D eigenvalue weighted by molar-refractivity contribution is -0.184. The number of carbonyl (C=O) groups excluding carboxylic acids is 1. The van der Waals surface area contributed by atoms with Crippen LogP contribution in [-0.4, -0.2) is 140 Å². The second kappa shape index (κ2) is 35.0. The summed E-state index contributed by atoms with van der Waals surface area (Å²) in [5.74, 6) is -12.4. The van der Waals surface area contributed by atoms with Crippen LogP contribution in [0.2, 0.25) is 20.1 Å². The van der Waals surface area contributed by atoms with Crippen molar-refractivity contribution in [2.45, 2.75) is 153 Å². The molecule has 51 heteroatoms. The maximum absolute atomic E-state index is 15.7. The maximum atomic E-state index is 15.7. The molecule has 8 N–H and O–H groups in total. The molecule has 120 heavy (non-hydrogen) atoms. The number of aromatic amines is 3. The van der Waals surface area contributed by atoms with Crippen molar-refractivity contribution in [1.82, 2.24) is 38.9 Å². The number of ether oxygens (including phenoxy) is 4. The van der Waals surface area contributed by atoms with Gasteiger partial charge in [-0.2, -0.15) is 0 Å². The van der Waals surface area contributed by atoms with E-state index in [1.165, 1.54) is 88.4 Å². The summed E-state index contributed by atoms with van der Waals surface area (Å²) < 4.78 is 245. The van der Waals surface area contributed by atoms with Crippen molar-refractivity contribution in [3.8, 4) is 23.0 Å². The molecule has 648 valence electrons. The Bertz CT molecular complexity index is 6180. The summed E-state index contributed by atoms with van der Waals surface area (Å²) in [5.41, 5.74) is -2.64. The van der Waals surface area contributed by atoms with E-state index in [2.05, 4.69) is 11.9 Å². The van der Waals surface area contributed by atoms with Gasteiger partial charge in [-0.15, -0.1) is 0 Å². The van der Waals surface area contributed by atoms with Crippen LogP contribution in [0.25, 0.3) is 0 Å². The molecule has 3 aromatic heterocycles. The van der Waals surface area contributed by atoms with Gasteiger partial charge >= 0.3 is 48.4 Å². The van der Waals surface area contributed by atoms with Gasteiger partial charge in [0.15, 0.2) is 24.9 Å². The van der Waals surface area contributed by atoms with Gasteiger partial charge in [-0.25, -0.2) is 50.2 Å². The second-order valence-corrected chi connectivity index (χ2v) is 35.2. The molecule has 4 fully saturated rings. The van der Waals surface area contributed by atoms with Gasteiger partial charge < -0.3 is 67.7 Å². The van der Waals surface area contributed by atoms with Crippen LogP contribution in [0.15, 0.2) is 144 Å².